The van der Waals surface area contributed by atoms with E-state index in [4.69, 9.17) is 0 Å². The van der Waals surface area contributed by atoms with Crippen LogP contribution < -0.4 is 5.32 Å². The van der Waals surface area contributed by atoms with Gasteiger partial charge in [-0.2, -0.15) is 0 Å². The van der Waals surface area contributed by atoms with E-state index in [0.717, 1.165) is 44.8 Å². The van der Waals surface area contributed by atoms with Gasteiger partial charge in [0, 0.05) is 38.8 Å². The molecule has 2 unspecified atom stereocenters. The van der Waals surface area contributed by atoms with Crippen molar-refractivity contribution in [1.29, 1.82) is 0 Å². The van der Waals surface area contributed by atoms with Gasteiger partial charge in [-0.25, -0.2) is 4.79 Å². The monoisotopic (exact) mass is 295 g/mol. The maximum Gasteiger partial charge on any atom is 0.317 e. The van der Waals surface area contributed by atoms with E-state index in [9.17, 15) is 9.90 Å². The summed E-state index contributed by atoms with van der Waals surface area (Å²) in [6, 6.07) is 0.305. The second-order valence-corrected chi connectivity index (χ2v) is 7.09. The number of β-amino-alcohol motifs (C(OH)–C–C–N with tert-alkyl or cyclic N) is 1. The van der Waals surface area contributed by atoms with Gasteiger partial charge < -0.3 is 20.2 Å². The first-order valence-corrected chi connectivity index (χ1v) is 8.66. The van der Waals surface area contributed by atoms with Crippen molar-refractivity contribution >= 4 is 6.03 Å². The van der Waals surface area contributed by atoms with E-state index in [-0.39, 0.29) is 18.2 Å². The minimum absolute atomic E-state index is 0.0152. The molecule has 0 aromatic heterocycles. The number of aliphatic hydroxyl groups is 1. The number of nitrogens with one attached hydrogen (secondary N) is 1. The molecular formula is C16H29N3O2. The third-order valence-electron chi connectivity index (χ3n) is 5.27. The first-order valence-electron chi connectivity index (χ1n) is 8.66. The molecule has 0 aromatic rings. The molecule has 0 aromatic carbocycles. The van der Waals surface area contributed by atoms with Crippen molar-refractivity contribution in [2.24, 2.45) is 5.92 Å². The first kappa shape index (κ1) is 15.1. The molecule has 2 atom stereocenters. The number of carbonyl (C=O) groups excluding carboxylic acids is 1. The Kier molecular flexibility index (Phi) is 5.01. The van der Waals surface area contributed by atoms with Gasteiger partial charge in [-0.1, -0.05) is 12.8 Å². The van der Waals surface area contributed by atoms with Crippen LogP contribution in [0.15, 0.2) is 0 Å². The van der Waals surface area contributed by atoms with Crippen LogP contribution in [0.2, 0.25) is 0 Å². The van der Waals surface area contributed by atoms with Crippen molar-refractivity contribution in [3.8, 4) is 0 Å². The van der Waals surface area contributed by atoms with Crippen LogP contribution >= 0.6 is 0 Å². The normalized spacial score (nSPS) is 31.8. The highest BCUT2D eigenvalue weighted by Gasteiger charge is 2.29. The smallest absolute Gasteiger partial charge is 0.317 e. The zero-order chi connectivity index (χ0) is 14.7. The van der Waals surface area contributed by atoms with Gasteiger partial charge in [0.05, 0.1) is 6.10 Å². The van der Waals surface area contributed by atoms with Crippen LogP contribution in [-0.4, -0.2) is 65.8 Å². The molecule has 5 heteroatoms. The van der Waals surface area contributed by atoms with Crippen LogP contribution in [0.25, 0.3) is 0 Å². The quantitative estimate of drug-likeness (QED) is 0.828. The van der Waals surface area contributed by atoms with Crippen LogP contribution in [0.5, 0.6) is 0 Å². The molecule has 2 aliphatic heterocycles. The number of likely N-dealkylation sites (tertiary alicyclic amines) is 2. The van der Waals surface area contributed by atoms with Crippen molar-refractivity contribution in [1.82, 2.24) is 15.1 Å². The molecule has 2 heterocycles. The summed E-state index contributed by atoms with van der Waals surface area (Å²) >= 11 is 0. The van der Waals surface area contributed by atoms with Gasteiger partial charge in [0.25, 0.3) is 0 Å². The Hall–Kier alpha value is -0.810. The molecule has 1 aliphatic carbocycles. The van der Waals surface area contributed by atoms with Crippen molar-refractivity contribution in [2.45, 2.75) is 57.1 Å². The maximum absolute atomic E-state index is 12.2. The lowest BCUT2D eigenvalue weighted by molar-refractivity contribution is 0.0833. The Morgan fingerprint density at radius 3 is 2.62 bits per heavy atom. The zero-order valence-electron chi connectivity index (χ0n) is 13.0. The highest BCUT2D eigenvalue weighted by atomic mass is 16.3. The van der Waals surface area contributed by atoms with Gasteiger partial charge in [-0.05, 0) is 38.0 Å². The average molecular weight is 295 g/mol. The summed E-state index contributed by atoms with van der Waals surface area (Å²) in [5, 5.41) is 12.8. The minimum Gasteiger partial charge on any atom is -0.391 e. The second-order valence-electron chi connectivity index (χ2n) is 7.09. The van der Waals surface area contributed by atoms with Crippen LogP contribution in [0.3, 0.4) is 0 Å². The first-order chi connectivity index (χ1) is 10.2. The number of piperidine rings is 1. The summed E-state index contributed by atoms with van der Waals surface area (Å²) in [6.07, 6.45) is 8.03. The fourth-order valence-corrected chi connectivity index (χ4v) is 4.08. The number of nitrogens with zero attached hydrogens (tertiary/aromatic N) is 2. The lowest BCUT2D eigenvalue weighted by Crippen LogP contribution is -2.50. The Balaban J connectivity index is 1.40. The molecule has 2 N–H and O–H groups in total. The van der Waals surface area contributed by atoms with Crippen molar-refractivity contribution in [2.75, 3.05) is 32.7 Å². The van der Waals surface area contributed by atoms with Crippen molar-refractivity contribution in [3.63, 3.8) is 0 Å². The molecule has 120 valence electrons. The van der Waals surface area contributed by atoms with E-state index in [1.807, 2.05) is 0 Å². The summed E-state index contributed by atoms with van der Waals surface area (Å²) in [5.41, 5.74) is 0. The summed E-state index contributed by atoms with van der Waals surface area (Å²) < 4.78 is 0. The highest BCUT2D eigenvalue weighted by molar-refractivity contribution is 5.74. The third-order valence-corrected chi connectivity index (χ3v) is 5.27. The minimum atomic E-state index is -0.341. The number of hydrogen-bond donors (Lipinski definition) is 2. The van der Waals surface area contributed by atoms with E-state index in [1.54, 1.807) is 4.90 Å². The number of hydrogen-bond acceptors (Lipinski definition) is 3. The van der Waals surface area contributed by atoms with Gasteiger partial charge in [-0.3, -0.25) is 0 Å². The van der Waals surface area contributed by atoms with Gasteiger partial charge in [0.2, 0.25) is 0 Å². The lowest BCUT2D eigenvalue weighted by atomic mass is 10.1. The summed E-state index contributed by atoms with van der Waals surface area (Å²) in [7, 11) is 0. The Morgan fingerprint density at radius 1 is 1.05 bits per heavy atom. The van der Waals surface area contributed by atoms with E-state index >= 15 is 0 Å². The molecule has 1 saturated carbocycles. The highest BCUT2D eigenvalue weighted by Crippen LogP contribution is 2.26. The molecule has 5 nitrogen and oxygen atoms in total. The van der Waals surface area contributed by atoms with Crippen LogP contribution in [-0.2, 0) is 0 Å². The molecule has 0 radical (unpaired) electrons. The van der Waals surface area contributed by atoms with Crippen molar-refractivity contribution < 1.29 is 9.90 Å². The van der Waals surface area contributed by atoms with Gasteiger partial charge in [0.1, 0.15) is 0 Å². The van der Waals surface area contributed by atoms with E-state index in [0.29, 0.717) is 6.54 Å². The van der Waals surface area contributed by atoms with Crippen molar-refractivity contribution in [3.05, 3.63) is 0 Å². The van der Waals surface area contributed by atoms with Crippen LogP contribution in [0.1, 0.15) is 44.9 Å². The molecule has 21 heavy (non-hydrogen) atoms. The number of rotatable bonds is 3. The Labute approximate surface area is 127 Å². The van der Waals surface area contributed by atoms with E-state index in [1.165, 1.54) is 32.2 Å². The standard InChI is InChI=1S/C16H29N3O2/c20-15-6-3-8-19(12-15)16(21)17-14-7-9-18(11-14)10-13-4-1-2-5-13/h13-15,20H,1-12H2,(H,17,21). The van der Waals surface area contributed by atoms with E-state index < -0.39 is 0 Å². The molecule has 3 fully saturated rings. The van der Waals surface area contributed by atoms with Gasteiger partial charge in [-0.15, -0.1) is 0 Å². The summed E-state index contributed by atoms with van der Waals surface area (Å²) in [5.74, 6) is 0.886. The zero-order valence-corrected chi connectivity index (χ0v) is 13.0. The molecule has 0 bridgehead atoms. The van der Waals surface area contributed by atoms with E-state index in [2.05, 4.69) is 10.2 Å². The predicted octanol–water partition coefficient (Wildman–Crippen LogP) is 1.42. The Bertz CT molecular complexity index is 357. The average Bonchev–Trinajstić information content (AvgIpc) is 3.11. The SMILES string of the molecule is O=C(NC1CCN(CC2CCCC2)C1)N1CCCC(O)C1. The molecule has 3 aliphatic rings. The number of aliphatic hydroxyl groups excluding tert-OH is 1. The number of urea groups is 1. The molecule has 3 rings (SSSR count). The van der Waals surface area contributed by atoms with Crippen LogP contribution in [0.4, 0.5) is 4.79 Å². The van der Waals surface area contributed by atoms with Gasteiger partial charge >= 0.3 is 6.03 Å². The topological polar surface area (TPSA) is 55.8 Å². The molecule has 2 amide bonds. The molecule has 0 spiro atoms. The summed E-state index contributed by atoms with van der Waals surface area (Å²) in [6.45, 7) is 4.60. The second kappa shape index (κ2) is 6.97. The molecular weight excluding hydrogens is 266 g/mol. The largest absolute Gasteiger partial charge is 0.391 e. The fourth-order valence-electron chi connectivity index (χ4n) is 4.08. The summed E-state index contributed by atoms with van der Waals surface area (Å²) in [4.78, 5) is 16.5. The van der Waals surface area contributed by atoms with Crippen LogP contribution in [0, 0.1) is 5.92 Å². The van der Waals surface area contributed by atoms with Gasteiger partial charge in [0.15, 0.2) is 0 Å². The number of amides is 2. The Morgan fingerprint density at radius 2 is 1.86 bits per heavy atom. The maximum atomic E-state index is 12.2. The fraction of sp³-hybridized carbons (Fsp3) is 0.938. The third kappa shape index (κ3) is 4.10. The number of carbonyl (C=O) groups is 1. The predicted molar refractivity (Wildman–Crippen MR) is 82.1 cm³/mol. The lowest BCUT2D eigenvalue weighted by Gasteiger charge is -2.31. The molecule has 2 saturated heterocycles.